The molecule has 0 spiro atoms. The lowest BCUT2D eigenvalue weighted by atomic mass is 10.0. The highest BCUT2D eigenvalue weighted by Crippen LogP contribution is 2.20. The number of carbonyl (C=O) groups excluding carboxylic acids is 1. The zero-order valence-electron chi connectivity index (χ0n) is 15.4. The Morgan fingerprint density at radius 1 is 1.12 bits per heavy atom. The first-order chi connectivity index (χ1) is 12.3. The lowest BCUT2D eigenvalue weighted by molar-refractivity contribution is 0.0826. The van der Waals surface area contributed by atoms with Gasteiger partial charge >= 0.3 is 0 Å². The van der Waals surface area contributed by atoms with Crippen LogP contribution >= 0.6 is 0 Å². The normalized spacial score (nSPS) is 12.8. The maximum absolute atomic E-state index is 12.3. The van der Waals surface area contributed by atoms with E-state index in [0.29, 0.717) is 12.1 Å². The highest BCUT2D eigenvalue weighted by Gasteiger charge is 2.18. The van der Waals surface area contributed by atoms with Gasteiger partial charge in [-0.15, -0.1) is 0 Å². The number of hydrogen-bond acceptors (Lipinski definition) is 4. The molecule has 2 aromatic carbocycles. The van der Waals surface area contributed by atoms with Crippen LogP contribution in [-0.2, 0) is 14.8 Å². The van der Waals surface area contributed by atoms with Crippen molar-refractivity contribution in [2.45, 2.75) is 17.9 Å². The highest BCUT2D eigenvalue weighted by molar-refractivity contribution is 7.89. The summed E-state index contributed by atoms with van der Waals surface area (Å²) in [6.45, 7) is 2.31. The number of amides is 1. The maximum Gasteiger partial charge on any atom is 0.251 e. The molecule has 0 aliphatic carbocycles. The van der Waals surface area contributed by atoms with E-state index >= 15 is 0 Å². The molecule has 2 rings (SSSR count). The molecule has 0 aliphatic rings. The summed E-state index contributed by atoms with van der Waals surface area (Å²) in [5.41, 5.74) is 2.50. The molecule has 0 bridgehead atoms. The van der Waals surface area contributed by atoms with Crippen LogP contribution in [0, 0.1) is 6.92 Å². The van der Waals surface area contributed by atoms with Gasteiger partial charge in [-0.3, -0.25) is 4.79 Å². The second-order valence-electron chi connectivity index (χ2n) is 6.10. The molecule has 0 saturated carbocycles. The third kappa shape index (κ3) is 4.49. The number of benzene rings is 2. The van der Waals surface area contributed by atoms with Crippen molar-refractivity contribution in [2.24, 2.45) is 0 Å². The van der Waals surface area contributed by atoms with Crippen molar-refractivity contribution in [3.05, 3.63) is 65.2 Å². The smallest absolute Gasteiger partial charge is 0.251 e. The van der Waals surface area contributed by atoms with E-state index in [1.807, 2.05) is 31.2 Å². The Balaban J connectivity index is 2.07. The first-order valence-corrected chi connectivity index (χ1v) is 9.60. The summed E-state index contributed by atoms with van der Waals surface area (Å²) in [5.74, 6) is -0.283. The van der Waals surface area contributed by atoms with Gasteiger partial charge in [-0.1, -0.05) is 24.3 Å². The van der Waals surface area contributed by atoms with Crippen LogP contribution in [0.4, 0.5) is 0 Å². The van der Waals surface area contributed by atoms with Gasteiger partial charge in [-0.05, 0) is 42.3 Å². The number of carbonyl (C=O) groups is 1. The van der Waals surface area contributed by atoms with E-state index in [1.54, 1.807) is 7.11 Å². The molecule has 0 heterocycles. The summed E-state index contributed by atoms with van der Waals surface area (Å²) in [6, 6.07) is 13.7. The largest absolute Gasteiger partial charge is 0.375 e. The summed E-state index contributed by atoms with van der Waals surface area (Å²) in [7, 11) is 1.02. The lowest BCUT2D eigenvalue weighted by Crippen LogP contribution is -2.29. The summed E-state index contributed by atoms with van der Waals surface area (Å²) in [5, 5.41) is 2.83. The molecule has 1 atom stereocenters. The molecule has 0 aromatic heterocycles. The van der Waals surface area contributed by atoms with Crippen LogP contribution in [0.1, 0.15) is 27.6 Å². The van der Waals surface area contributed by atoms with Gasteiger partial charge in [0.25, 0.3) is 5.91 Å². The number of methoxy groups -OCH3 is 1. The zero-order valence-corrected chi connectivity index (χ0v) is 16.2. The number of nitrogens with zero attached hydrogens (tertiary/aromatic N) is 1. The van der Waals surface area contributed by atoms with E-state index in [-0.39, 0.29) is 16.9 Å². The van der Waals surface area contributed by atoms with Crippen LogP contribution in [0.5, 0.6) is 0 Å². The Hall–Kier alpha value is -2.22. The molecule has 140 valence electrons. The number of aryl methyl sites for hydroxylation is 1. The fourth-order valence-electron chi connectivity index (χ4n) is 2.54. The van der Waals surface area contributed by atoms with Crippen molar-refractivity contribution in [3.63, 3.8) is 0 Å². The first kappa shape index (κ1) is 20.1. The summed E-state index contributed by atoms with van der Waals surface area (Å²) >= 11 is 0. The van der Waals surface area contributed by atoms with Crippen LogP contribution in [0.3, 0.4) is 0 Å². The van der Waals surface area contributed by atoms with E-state index in [4.69, 9.17) is 4.74 Å². The predicted molar refractivity (Wildman–Crippen MR) is 101 cm³/mol. The molecule has 2 aromatic rings. The molecule has 0 radical (unpaired) electrons. The van der Waals surface area contributed by atoms with E-state index in [9.17, 15) is 13.2 Å². The fourth-order valence-corrected chi connectivity index (χ4v) is 3.45. The third-order valence-corrected chi connectivity index (χ3v) is 5.99. The molecule has 0 fully saturated rings. The van der Waals surface area contributed by atoms with Crippen molar-refractivity contribution in [1.82, 2.24) is 9.62 Å². The number of hydrogen-bond donors (Lipinski definition) is 1. The summed E-state index contributed by atoms with van der Waals surface area (Å²) in [6.07, 6.45) is -0.256. The summed E-state index contributed by atoms with van der Waals surface area (Å²) in [4.78, 5) is 12.5. The van der Waals surface area contributed by atoms with Crippen molar-refractivity contribution >= 4 is 15.9 Å². The molecule has 1 amide bonds. The van der Waals surface area contributed by atoms with Gasteiger partial charge in [0.15, 0.2) is 0 Å². The minimum atomic E-state index is -3.51. The molecular formula is C19H24N2O4S. The van der Waals surface area contributed by atoms with Crippen molar-refractivity contribution in [1.29, 1.82) is 0 Å². The second-order valence-corrected chi connectivity index (χ2v) is 8.25. The molecule has 0 aliphatic heterocycles. The molecule has 1 unspecified atom stereocenters. The minimum absolute atomic E-state index is 0.147. The average Bonchev–Trinajstić information content (AvgIpc) is 2.63. The first-order valence-electron chi connectivity index (χ1n) is 8.16. The Morgan fingerprint density at radius 3 is 2.27 bits per heavy atom. The van der Waals surface area contributed by atoms with E-state index in [0.717, 1.165) is 15.4 Å². The number of nitrogens with one attached hydrogen (secondary N) is 1. The van der Waals surface area contributed by atoms with Gasteiger partial charge in [0.1, 0.15) is 0 Å². The van der Waals surface area contributed by atoms with Gasteiger partial charge in [0.05, 0.1) is 11.0 Å². The molecular weight excluding hydrogens is 352 g/mol. The van der Waals surface area contributed by atoms with Crippen molar-refractivity contribution in [2.75, 3.05) is 27.7 Å². The van der Waals surface area contributed by atoms with Gasteiger partial charge in [-0.25, -0.2) is 12.7 Å². The van der Waals surface area contributed by atoms with Crippen LogP contribution in [-0.4, -0.2) is 46.4 Å². The molecule has 1 N–H and O–H groups in total. The quantitative estimate of drug-likeness (QED) is 0.805. The number of sulfonamides is 1. The van der Waals surface area contributed by atoms with Crippen LogP contribution in [0.15, 0.2) is 53.4 Å². The molecule has 6 nitrogen and oxygen atoms in total. The van der Waals surface area contributed by atoms with E-state index < -0.39 is 10.0 Å². The zero-order chi connectivity index (χ0) is 19.3. The van der Waals surface area contributed by atoms with Gasteiger partial charge in [0.2, 0.25) is 10.0 Å². The SMILES string of the molecule is COC(CNC(=O)c1ccc(S(=O)(=O)N(C)C)cc1)c1ccccc1C. The topological polar surface area (TPSA) is 75.7 Å². The fraction of sp³-hybridized carbons (Fsp3) is 0.316. The van der Waals surface area contributed by atoms with E-state index in [1.165, 1.54) is 38.4 Å². The Bertz CT molecular complexity index is 861. The average molecular weight is 376 g/mol. The molecule has 26 heavy (non-hydrogen) atoms. The van der Waals surface area contributed by atoms with Crippen LogP contribution < -0.4 is 5.32 Å². The maximum atomic E-state index is 12.3. The minimum Gasteiger partial charge on any atom is -0.375 e. The number of ether oxygens (including phenoxy) is 1. The molecule has 0 saturated heterocycles. The Labute approximate surface area is 154 Å². The van der Waals surface area contributed by atoms with Crippen LogP contribution in [0.25, 0.3) is 0 Å². The van der Waals surface area contributed by atoms with Crippen molar-refractivity contribution in [3.8, 4) is 0 Å². The van der Waals surface area contributed by atoms with Crippen molar-refractivity contribution < 1.29 is 17.9 Å². The Kier molecular flexibility index (Phi) is 6.52. The third-order valence-electron chi connectivity index (χ3n) is 4.16. The molecule has 7 heteroatoms. The Morgan fingerprint density at radius 2 is 1.73 bits per heavy atom. The van der Waals surface area contributed by atoms with E-state index in [2.05, 4.69) is 5.32 Å². The van der Waals surface area contributed by atoms with Gasteiger partial charge < -0.3 is 10.1 Å². The monoisotopic (exact) mass is 376 g/mol. The lowest BCUT2D eigenvalue weighted by Gasteiger charge is -2.18. The van der Waals surface area contributed by atoms with Crippen LogP contribution in [0.2, 0.25) is 0 Å². The standard InChI is InChI=1S/C19H24N2O4S/c1-14-7-5-6-8-17(14)18(25-4)13-20-19(22)15-9-11-16(12-10-15)26(23,24)21(2)3/h5-12,18H,13H2,1-4H3,(H,20,22). The van der Waals surface area contributed by atoms with Gasteiger partial charge in [-0.2, -0.15) is 0 Å². The summed E-state index contributed by atoms with van der Waals surface area (Å²) < 4.78 is 30.8. The highest BCUT2D eigenvalue weighted by atomic mass is 32.2. The van der Waals surface area contributed by atoms with Gasteiger partial charge in [0, 0.05) is 33.3 Å². The predicted octanol–water partition coefficient (Wildman–Crippen LogP) is 2.36. The number of rotatable bonds is 7. The second kappa shape index (κ2) is 8.44.